The smallest absolute Gasteiger partial charge is 0.329 e. The summed E-state index contributed by atoms with van der Waals surface area (Å²) in [5.41, 5.74) is -0.582. The minimum absolute atomic E-state index is 0.0709. The SMILES string of the molecule is Cn1c(NCCC(=O)O)nc2c1c(=O)[nH]c(=O)n2C. The van der Waals surface area contributed by atoms with E-state index >= 15 is 0 Å². The van der Waals surface area contributed by atoms with Gasteiger partial charge in [-0.15, -0.1) is 0 Å². The highest BCUT2D eigenvalue weighted by atomic mass is 16.4. The number of rotatable bonds is 4. The number of carbonyl (C=O) groups is 1. The van der Waals surface area contributed by atoms with Gasteiger partial charge in [-0.1, -0.05) is 0 Å². The number of nitrogens with zero attached hydrogens (tertiary/aromatic N) is 3. The van der Waals surface area contributed by atoms with Gasteiger partial charge < -0.3 is 15.0 Å². The molecule has 2 aromatic rings. The van der Waals surface area contributed by atoms with E-state index in [0.717, 1.165) is 0 Å². The summed E-state index contributed by atoms with van der Waals surface area (Å²) in [6.07, 6.45) is -0.0709. The Labute approximate surface area is 106 Å². The minimum atomic E-state index is -0.934. The zero-order valence-corrected chi connectivity index (χ0v) is 10.4. The summed E-state index contributed by atoms with van der Waals surface area (Å²) in [6.45, 7) is 0.179. The summed E-state index contributed by atoms with van der Waals surface area (Å²) in [6, 6.07) is 0. The van der Waals surface area contributed by atoms with Crippen molar-refractivity contribution in [1.29, 1.82) is 0 Å². The van der Waals surface area contributed by atoms with Crippen molar-refractivity contribution in [2.24, 2.45) is 14.1 Å². The molecule has 102 valence electrons. The number of aromatic nitrogens is 4. The fourth-order valence-corrected chi connectivity index (χ4v) is 1.75. The molecule has 0 spiro atoms. The Balaban J connectivity index is 2.48. The molecule has 0 atom stereocenters. The molecule has 0 unspecified atom stereocenters. The van der Waals surface area contributed by atoms with Crippen LogP contribution in [0.3, 0.4) is 0 Å². The first-order valence-corrected chi connectivity index (χ1v) is 5.53. The van der Waals surface area contributed by atoms with Crippen LogP contribution in [0, 0.1) is 0 Å². The Morgan fingerprint density at radius 2 is 2.05 bits per heavy atom. The van der Waals surface area contributed by atoms with Crippen molar-refractivity contribution in [3.05, 3.63) is 20.8 Å². The van der Waals surface area contributed by atoms with Crippen molar-refractivity contribution in [3.63, 3.8) is 0 Å². The molecule has 19 heavy (non-hydrogen) atoms. The Kier molecular flexibility index (Phi) is 3.11. The van der Waals surface area contributed by atoms with E-state index in [1.54, 1.807) is 7.05 Å². The van der Waals surface area contributed by atoms with Crippen LogP contribution >= 0.6 is 0 Å². The maximum atomic E-state index is 11.7. The summed E-state index contributed by atoms with van der Waals surface area (Å²) in [4.78, 5) is 39.9. The van der Waals surface area contributed by atoms with Gasteiger partial charge in [-0.25, -0.2) is 4.79 Å². The van der Waals surface area contributed by atoms with Crippen LogP contribution < -0.4 is 16.6 Å². The molecule has 2 rings (SSSR count). The van der Waals surface area contributed by atoms with Gasteiger partial charge in [0.25, 0.3) is 5.56 Å². The molecule has 0 aliphatic rings. The number of aromatic amines is 1. The fourth-order valence-electron chi connectivity index (χ4n) is 1.75. The van der Waals surface area contributed by atoms with Crippen molar-refractivity contribution in [3.8, 4) is 0 Å². The third kappa shape index (κ3) is 2.21. The summed E-state index contributed by atoms with van der Waals surface area (Å²) < 4.78 is 2.70. The van der Waals surface area contributed by atoms with Gasteiger partial charge in [-0.2, -0.15) is 4.98 Å². The Morgan fingerprint density at radius 3 is 2.68 bits per heavy atom. The minimum Gasteiger partial charge on any atom is -0.481 e. The number of hydrogen-bond donors (Lipinski definition) is 3. The monoisotopic (exact) mass is 267 g/mol. The van der Waals surface area contributed by atoms with Crippen molar-refractivity contribution in [2.45, 2.75) is 6.42 Å². The zero-order valence-electron chi connectivity index (χ0n) is 10.4. The van der Waals surface area contributed by atoms with E-state index < -0.39 is 17.2 Å². The van der Waals surface area contributed by atoms with E-state index in [0.29, 0.717) is 5.95 Å². The largest absolute Gasteiger partial charge is 0.481 e. The second-order valence-corrected chi connectivity index (χ2v) is 4.06. The lowest BCUT2D eigenvalue weighted by molar-refractivity contribution is -0.136. The van der Waals surface area contributed by atoms with Crippen LogP contribution in [0.1, 0.15) is 6.42 Å². The predicted molar refractivity (Wildman–Crippen MR) is 67.3 cm³/mol. The fraction of sp³-hybridized carbons (Fsp3) is 0.400. The van der Waals surface area contributed by atoms with Crippen LogP contribution in [0.25, 0.3) is 11.2 Å². The Morgan fingerprint density at radius 1 is 1.37 bits per heavy atom. The maximum absolute atomic E-state index is 11.7. The van der Waals surface area contributed by atoms with E-state index in [4.69, 9.17) is 5.11 Å². The molecular formula is C10H13N5O4. The van der Waals surface area contributed by atoms with E-state index in [1.165, 1.54) is 16.2 Å². The molecule has 0 amide bonds. The van der Waals surface area contributed by atoms with Gasteiger partial charge in [-0.3, -0.25) is 19.1 Å². The third-order valence-corrected chi connectivity index (χ3v) is 2.76. The standard InChI is InChI=1S/C10H13N5O4/c1-14-6-7(15(2)10(19)13-8(6)18)12-9(14)11-4-3-5(16)17/h3-4H2,1-2H3,(H,11,12)(H,16,17)(H,13,18,19). The number of carboxylic acid groups (broad SMARTS) is 1. The second kappa shape index (κ2) is 4.59. The van der Waals surface area contributed by atoms with Crippen LogP contribution in [0.15, 0.2) is 9.59 Å². The molecule has 0 saturated carbocycles. The van der Waals surface area contributed by atoms with Crippen molar-refractivity contribution < 1.29 is 9.90 Å². The van der Waals surface area contributed by atoms with E-state index in [-0.39, 0.29) is 24.1 Å². The summed E-state index contributed by atoms with van der Waals surface area (Å²) in [5.74, 6) is -0.598. The summed E-state index contributed by atoms with van der Waals surface area (Å²) in [7, 11) is 3.10. The lowest BCUT2D eigenvalue weighted by Gasteiger charge is -2.03. The number of hydrogen-bond acceptors (Lipinski definition) is 5. The molecule has 0 saturated heterocycles. The van der Waals surface area contributed by atoms with Crippen LogP contribution in [0.5, 0.6) is 0 Å². The number of H-pyrrole nitrogens is 1. The van der Waals surface area contributed by atoms with Gasteiger partial charge in [0.1, 0.15) is 0 Å². The normalized spacial score (nSPS) is 10.8. The molecule has 9 nitrogen and oxygen atoms in total. The topological polar surface area (TPSA) is 122 Å². The predicted octanol–water partition coefficient (Wildman–Crippen LogP) is -1.15. The molecule has 2 aromatic heterocycles. The van der Waals surface area contributed by atoms with Crippen molar-refractivity contribution in [2.75, 3.05) is 11.9 Å². The van der Waals surface area contributed by atoms with Gasteiger partial charge in [0.15, 0.2) is 11.2 Å². The molecule has 2 heterocycles. The summed E-state index contributed by atoms with van der Waals surface area (Å²) >= 11 is 0. The number of anilines is 1. The highest BCUT2D eigenvalue weighted by Gasteiger charge is 2.14. The molecule has 0 aromatic carbocycles. The highest BCUT2D eigenvalue weighted by Crippen LogP contribution is 2.12. The number of imidazole rings is 1. The molecule has 9 heteroatoms. The van der Waals surface area contributed by atoms with Crippen LogP contribution in [0.4, 0.5) is 5.95 Å². The number of carboxylic acids is 1. The van der Waals surface area contributed by atoms with Crippen molar-refractivity contribution >= 4 is 23.1 Å². The quantitative estimate of drug-likeness (QED) is 0.642. The van der Waals surface area contributed by atoms with Gasteiger partial charge >= 0.3 is 11.7 Å². The van der Waals surface area contributed by atoms with Gasteiger partial charge in [0.05, 0.1) is 6.42 Å². The molecule has 0 bridgehead atoms. The Bertz CT molecular complexity index is 754. The molecule has 0 aliphatic heterocycles. The van der Waals surface area contributed by atoms with E-state index in [2.05, 4.69) is 15.3 Å². The number of aliphatic carboxylic acids is 1. The molecule has 0 aliphatic carbocycles. The van der Waals surface area contributed by atoms with Crippen LogP contribution in [0.2, 0.25) is 0 Å². The maximum Gasteiger partial charge on any atom is 0.329 e. The van der Waals surface area contributed by atoms with Crippen molar-refractivity contribution in [1.82, 2.24) is 19.1 Å². The zero-order chi connectivity index (χ0) is 14.2. The number of nitrogens with one attached hydrogen (secondary N) is 2. The lowest BCUT2D eigenvalue weighted by Crippen LogP contribution is -2.29. The summed E-state index contributed by atoms with van der Waals surface area (Å²) in [5, 5.41) is 11.4. The average molecular weight is 267 g/mol. The average Bonchev–Trinajstić information content (AvgIpc) is 2.64. The van der Waals surface area contributed by atoms with Crippen LogP contribution in [-0.4, -0.2) is 36.7 Å². The van der Waals surface area contributed by atoms with Crippen LogP contribution in [-0.2, 0) is 18.9 Å². The first kappa shape index (κ1) is 12.9. The van der Waals surface area contributed by atoms with Gasteiger partial charge in [0.2, 0.25) is 5.95 Å². The number of aryl methyl sites for hydroxylation is 2. The van der Waals surface area contributed by atoms with Gasteiger partial charge in [0, 0.05) is 20.6 Å². The molecule has 0 radical (unpaired) electrons. The highest BCUT2D eigenvalue weighted by molar-refractivity contribution is 5.74. The molecule has 0 fully saturated rings. The number of fused-ring (bicyclic) bond motifs is 1. The Hall–Kier alpha value is -2.58. The second-order valence-electron chi connectivity index (χ2n) is 4.06. The first-order valence-electron chi connectivity index (χ1n) is 5.53. The van der Waals surface area contributed by atoms with E-state index in [1.807, 2.05) is 0 Å². The van der Waals surface area contributed by atoms with Gasteiger partial charge in [-0.05, 0) is 0 Å². The first-order chi connectivity index (χ1) is 8.91. The van der Waals surface area contributed by atoms with E-state index in [9.17, 15) is 14.4 Å². The lowest BCUT2D eigenvalue weighted by atomic mass is 10.4. The molecule has 3 N–H and O–H groups in total. The third-order valence-electron chi connectivity index (χ3n) is 2.76. The molecular weight excluding hydrogens is 254 g/mol.